The third-order valence-corrected chi connectivity index (χ3v) is 1.10. The number of halogens is 2. The Balaban J connectivity index is 3.03. The minimum atomic E-state index is -2.36. The Morgan fingerprint density at radius 2 is 2.00 bits per heavy atom. The summed E-state index contributed by atoms with van der Waals surface area (Å²) in [6.07, 6.45) is -2.36. The van der Waals surface area contributed by atoms with Crippen molar-refractivity contribution in [1.82, 2.24) is 5.32 Å². The van der Waals surface area contributed by atoms with Crippen LogP contribution >= 0.6 is 0 Å². The number of hydrogen-bond acceptors (Lipinski definition) is 2. The first-order valence-electron chi connectivity index (χ1n) is 3.20. The molecule has 0 aliphatic heterocycles. The second-order valence-electron chi connectivity index (χ2n) is 2.12. The molecule has 0 saturated heterocycles. The van der Waals surface area contributed by atoms with E-state index >= 15 is 0 Å². The molecular formula is C6H13F2NO. The highest BCUT2D eigenvalue weighted by Crippen LogP contribution is 1.93. The summed E-state index contributed by atoms with van der Waals surface area (Å²) in [5.74, 6) is 0. The highest BCUT2D eigenvalue weighted by Gasteiger charge is 2.03. The SMILES string of the molecule is CNC(C)COCC(F)F. The van der Waals surface area contributed by atoms with Crippen LogP contribution in [0.2, 0.25) is 0 Å². The maximum atomic E-state index is 11.4. The third-order valence-electron chi connectivity index (χ3n) is 1.10. The van der Waals surface area contributed by atoms with Gasteiger partial charge in [0.2, 0.25) is 0 Å². The second kappa shape index (κ2) is 5.56. The van der Waals surface area contributed by atoms with Crippen LogP contribution in [0.4, 0.5) is 8.78 Å². The minimum absolute atomic E-state index is 0.138. The van der Waals surface area contributed by atoms with E-state index in [4.69, 9.17) is 0 Å². The van der Waals surface area contributed by atoms with Crippen molar-refractivity contribution < 1.29 is 13.5 Å². The smallest absolute Gasteiger partial charge is 0.261 e. The zero-order valence-electron chi connectivity index (χ0n) is 6.23. The van der Waals surface area contributed by atoms with Gasteiger partial charge in [-0.2, -0.15) is 0 Å². The van der Waals surface area contributed by atoms with Crippen LogP contribution in [-0.2, 0) is 4.74 Å². The molecule has 0 saturated carbocycles. The third kappa shape index (κ3) is 5.91. The predicted molar refractivity (Wildman–Crippen MR) is 35.3 cm³/mol. The zero-order valence-corrected chi connectivity index (χ0v) is 6.23. The van der Waals surface area contributed by atoms with Crippen molar-refractivity contribution in [3.8, 4) is 0 Å². The van der Waals surface area contributed by atoms with Gasteiger partial charge >= 0.3 is 0 Å². The summed E-state index contributed by atoms with van der Waals surface area (Å²) in [4.78, 5) is 0. The molecule has 0 radical (unpaired) electrons. The first kappa shape index (κ1) is 9.78. The summed E-state index contributed by atoms with van der Waals surface area (Å²) in [6.45, 7) is 1.73. The van der Waals surface area contributed by atoms with Crippen molar-refractivity contribution >= 4 is 0 Å². The van der Waals surface area contributed by atoms with Crippen molar-refractivity contribution in [2.45, 2.75) is 19.4 Å². The van der Waals surface area contributed by atoms with E-state index in [1.54, 1.807) is 7.05 Å². The van der Waals surface area contributed by atoms with Gasteiger partial charge in [-0.05, 0) is 14.0 Å². The van der Waals surface area contributed by atoms with Gasteiger partial charge < -0.3 is 10.1 Å². The van der Waals surface area contributed by atoms with Gasteiger partial charge in [0.05, 0.1) is 6.61 Å². The Labute approximate surface area is 59.6 Å². The van der Waals surface area contributed by atoms with Crippen LogP contribution in [-0.4, -0.2) is 32.7 Å². The van der Waals surface area contributed by atoms with Gasteiger partial charge in [0.15, 0.2) is 0 Å². The molecule has 0 aromatic carbocycles. The molecule has 0 aromatic rings. The van der Waals surface area contributed by atoms with Crippen LogP contribution < -0.4 is 5.32 Å². The average molecular weight is 153 g/mol. The summed E-state index contributed by atoms with van der Waals surface area (Å²) in [6, 6.07) is 0.138. The second-order valence-corrected chi connectivity index (χ2v) is 2.12. The lowest BCUT2D eigenvalue weighted by atomic mass is 10.4. The topological polar surface area (TPSA) is 21.3 Å². The van der Waals surface area contributed by atoms with E-state index in [9.17, 15) is 8.78 Å². The quantitative estimate of drug-likeness (QED) is 0.633. The number of ether oxygens (including phenoxy) is 1. The largest absolute Gasteiger partial charge is 0.374 e. The van der Waals surface area contributed by atoms with Gasteiger partial charge in [0.1, 0.15) is 6.61 Å². The van der Waals surface area contributed by atoms with E-state index in [1.165, 1.54) is 0 Å². The molecule has 0 aromatic heterocycles. The van der Waals surface area contributed by atoms with E-state index in [2.05, 4.69) is 10.1 Å². The summed E-state index contributed by atoms with van der Waals surface area (Å²) >= 11 is 0. The maximum absolute atomic E-state index is 11.4. The van der Waals surface area contributed by atoms with E-state index in [1.807, 2.05) is 6.92 Å². The van der Waals surface area contributed by atoms with Gasteiger partial charge in [-0.15, -0.1) is 0 Å². The van der Waals surface area contributed by atoms with Gasteiger partial charge in [0.25, 0.3) is 6.43 Å². The molecule has 1 unspecified atom stereocenters. The molecule has 0 aliphatic carbocycles. The van der Waals surface area contributed by atoms with Crippen molar-refractivity contribution in [1.29, 1.82) is 0 Å². The molecule has 0 bridgehead atoms. The van der Waals surface area contributed by atoms with Crippen molar-refractivity contribution in [3.63, 3.8) is 0 Å². The molecule has 0 rings (SSSR count). The van der Waals surface area contributed by atoms with Crippen LogP contribution in [0.3, 0.4) is 0 Å². The number of alkyl halides is 2. The van der Waals surface area contributed by atoms with E-state index in [-0.39, 0.29) is 6.04 Å². The van der Waals surface area contributed by atoms with Crippen LogP contribution in [0.15, 0.2) is 0 Å². The molecule has 10 heavy (non-hydrogen) atoms. The highest BCUT2D eigenvalue weighted by atomic mass is 19.3. The van der Waals surface area contributed by atoms with Crippen molar-refractivity contribution in [3.05, 3.63) is 0 Å². The molecule has 62 valence electrons. The number of likely N-dealkylation sites (N-methyl/N-ethyl adjacent to an activating group) is 1. The first-order chi connectivity index (χ1) is 4.66. The van der Waals surface area contributed by atoms with Gasteiger partial charge in [-0.1, -0.05) is 0 Å². The fraction of sp³-hybridized carbons (Fsp3) is 1.00. The Hall–Kier alpha value is -0.220. The van der Waals surface area contributed by atoms with Crippen molar-refractivity contribution in [2.75, 3.05) is 20.3 Å². The molecule has 0 fully saturated rings. The van der Waals surface area contributed by atoms with Crippen LogP contribution in [0.1, 0.15) is 6.92 Å². The van der Waals surface area contributed by atoms with Crippen LogP contribution in [0.25, 0.3) is 0 Å². The molecular weight excluding hydrogens is 140 g/mol. The fourth-order valence-electron chi connectivity index (χ4n) is 0.417. The van der Waals surface area contributed by atoms with Crippen LogP contribution in [0, 0.1) is 0 Å². The van der Waals surface area contributed by atoms with E-state index < -0.39 is 13.0 Å². The van der Waals surface area contributed by atoms with Gasteiger partial charge in [0, 0.05) is 6.04 Å². The standard InChI is InChI=1S/C6H13F2NO/c1-5(9-2)3-10-4-6(7)8/h5-6,9H,3-4H2,1-2H3. The average Bonchev–Trinajstić information content (AvgIpc) is 1.87. The van der Waals surface area contributed by atoms with Gasteiger partial charge in [-0.25, -0.2) is 8.78 Å². The molecule has 4 heteroatoms. The normalized spacial score (nSPS) is 14.1. The molecule has 0 heterocycles. The minimum Gasteiger partial charge on any atom is -0.374 e. The highest BCUT2D eigenvalue weighted by molar-refractivity contribution is 4.53. The number of rotatable bonds is 5. The molecule has 0 aliphatic rings. The molecule has 0 amide bonds. The zero-order chi connectivity index (χ0) is 7.98. The Bertz CT molecular complexity index is 80.1. The Morgan fingerprint density at radius 3 is 2.40 bits per heavy atom. The molecule has 1 N–H and O–H groups in total. The lowest BCUT2D eigenvalue weighted by Crippen LogP contribution is -2.27. The lowest BCUT2D eigenvalue weighted by Gasteiger charge is -2.09. The summed E-state index contributed by atoms with van der Waals surface area (Å²) in [5.41, 5.74) is 0. The predicted octanol–water partition coefficient (Wildman–Crippen LogP) is 0.876. The molecule has 2 nitrogen and oxygen atoms in total. The lowest BCUT2D eigenvalue weighted by molar-refractivity contribution is 0.0117. The van der Waals surface area contributed by atoms with Gasteiger partial charge in [-0.3, -0.25) is 0 Å². The van der Waals surface area contributed by atoms with Crippen LogP contribution in [0.5, 0.6) is 0 Å². The molecule has 0 spiro atoms. The van der Waals surface area contributed by atoms with Crippen molar-refractivity contribution in [2.24, 2.45) is 0 Å². The first-order valence-corrected chi connectivity index (χ1v) is 3.20. The number of nitrogens with one attached hydrogen (secondary N) is 1. The number of hydrogen-bond donors (Lipinski definition) is 1. The summed E-state index contributed by atoms with van der Waals surface area (Å²) < 4.78 is 27.5. The maximum Gasteiger partial charge on any atom is 0.261 e. The van der Waals surface area contributed by atoms with E-state index in [0.29, 0.717) is 6.61 Å². The Morgan fingerprint density at radius 1 is 1.40 bits per heavy atom. The van der Waals surface area contributed by atoms with E-state index in [0.717, 1.165) is 0 Å². The molecule has 1 atom stereocenters. The fourth-order valence-corrected chi connectivity index (χ4v) is 0.417. The monoisotopic (exact) mass is 153 g/mol. The summed E-state index contributed by atoms with van der Waals surface area (Å²) in [7, 11) is 1.76. The summed E-state index contributed by atoms with van der Waals surface area (Å²) in [5, 5.41) is 2.87. The Kier molecular flexibility index (Phi) is 5.43.